The summed E-state index contributed by atoms with van der Waals surface area (Å²) in [6.07, 6.45) is 1.43. The molecule has 2 rings (SSSR count). The zero-order valence-corrected chi connectivity index (χ0v) is 12.4. The molecule has 0 saturated heterocycles. The van der Waals surface area contributed by atoms with Gasteiger partial charge in [0.1, 0.15) is 6.04 Å². The van der Waals surface area contributed by atoms with Gasteiger partial charge >= 0.3 is 5.97 Å². The quantitative estimate of drug-likeness (QED) is 0.903. The maximum Gasteiger partial charge on any atom is 0.328 e. The van der Waals surface area contributed by atoms with Crippen molar-refractivity contribution >= 4 is 40.8 Å². The van der Waals surface area contributed by atoms with E-state index < -0.39 is 17.9 Å². The fourth-order valence-electron chi connectivity index (χ4n) is 1.56. The minimum atomic E-state index is -1.03. The summed E-state index contributed by atoms with van der Waals surface area (Å²) in [6, 6.07) is 5.26. The van der Waals surface area contributed by atoms with E-state index >= 15 is 0 Å². The highest BCUT2D eigenvalue weighted by molar-refractivity contribution is 6.42. The Morgan fingerprint density at radius 3 is 2.62 bits per heavy atom. The highest BCUT2D eigenvalue weighted by Crippen LogP contribution is 2.25. The summed E-state index contributed by atoms with van der Waals surface area (Å²) >= 11 is 11.6. The van der Waals surface area contributed by atoms with E-state index in [1.165, 1.54) is 29.9 Å². The van der Waals surface area contributed by atoms with Crippen LogP contribution in [0.4, 0.5) is 5.69 Å². The van der Waals surface area contributed by atoms with Crippen LogP contribution in [0.3, 0.4) is 0 Å². The molecule has 1 heterocycles. The summed E-state index contributed by atoms with van der Waals surface area (Å²) in [5.74, 6) is -1.50. The predicted molar refractivity (Wildman–Crippen MR) is 79.0 cm³/mol. The van der Waals surface area contributed by atoms with Crippen LogP contribution in [0.5, 0.6) is 0 Å². The van der Waals surface area contributed by atoms with Crippen LogP contribution >= 0.6 is 23.2 Å². The molecular weight excluding hydrogens is 317 g/mol. The first-order valence-corrected chi connectivity index (χ1v) is 6.68. The fourth-order valence-corrected chi connectivity index (χ4v) is 1.86. The SMILES string of the molecule is CC(C(=O)O)n1ccc(C(=O)Nc2ccc(Cl)c(Cl)c2)n1. The Bertz CT molecular complexity index is 700. The largest absolute Gasteiger partial charge is 0.480 e. The molecule has 0 aliphatic carbocycles. The van der Waals surface area contributed by atoms with Gasteiger partial charge in [0.2, 0.25) is 0 Å². The smallest absolute Gasteiger partial charge is 0.328 e. The second kappa shape index (κ2) is 6.15. The van der Waals surface area contributed by atoms with Crippen molar-refractivity contribution in [2.24, 2.45) is 0 Å². The van der Waals surface area contributed by atoms with Crippen LogP contribution in [0.1, 0.15) is 23.5 Å². The van der Waals surface area contributed by atoms with Crippen LogP contribution in [0.25, 0.3) is 0 Å². The molecule has 0 aliphatic rings. The number of anilines is 1. The Morgan fingerprint density at radius 1 is 1.29 bits per heavy atom. The molecule has 0 fully saturated rings. The van der Waals surface area contributed by atoms with Crippen molar-refractivity contribution < 1.29 is 14.7 Å². The third-order valence-electron chi connectivity index (χ3n) is 2.77. The molecule has 0 spiro atoms. The van der Waals surface area contributed by atoms with E-state index in [-0.39, 0.29) is 5.69 Å². The van der Waals surface area contributed by atoms with E-state index in [0.717, 1.165) is 0 Å². The molecule has 0 radical (unpaired) electrons. The monoisotopic (exact) mass is 327 g/mol. The topological polar surface area (TPSA) is 84.2 Å². The minimum Gasteiger partial charge on any atom is -0.480 e. The van der Waals surface area contributed by atoms with Crippen molar-refractivity contribution in [1.29, 1.82) is 0 Å². The predicted octanol–water partition coefficient (Wildman–Crippen LogP) is 3.09. The number of hydrogen-bond acceptors (Lipinski definition) is 3. The molecule has 1 unspecified atom stereocenters. The number of amides is 1. The van der Waals surface area contributed by atoms with Gasteiger partial charge in [-0.3, -0.25) is 9.48 Å². The van der Waals surface area contributed by atoms with Crippen molar-refractivity contribution in [2.45, 2.75) is 13.0 Å². The molecule has 0 saturated carbocycles. The first-order valence-electron chi connectivity index (χ1n) is 5.93. The van der Waals surface area contributed by atoms with Gasteiger partial charge in [0.25, 0.3) is 5.91 Å². The van der Waals surface area contributed by atoms with Gasteiger partial charge in [0.05, 0.1) is 10.0 Å². The van der Waals surface area contributed by atoms with E-state index in [0.29, 0.717) is 15.7 Å². The maximum absolute atomic E-state index is 12.0. The number of hydrogen-bond donors (Lipinski definition) is 2. The maximum atomic E-state index is 12.0. The van der Waals surface area contributed by atoms with E-state index in [1.54, 1.807) is 12.1 Å². The van der Waals surface area contributed by atoms with Crippen LogP contribution in [0, 0.1) is 0 Å². The zero-order chi connectivity index (χ0) is 15.6. The van der Waals surface area contributed by atoms with Crippen molar-refractivity contribution in [3.63, 3.8) is 0 Å². The van der Waals surface area contributed by atoms with Gasteiger partial charge in [-0.25, -0.2) is 4.79 Å². The van der Waals surface area contributed by atoms with E-state index in [1.807, 2.05) is 0 Å². The molecule has 110 valence electrons. The number of halogens is 2. The molecule has 1 atom stereocenters. The molecule has 1 aromatic heterocycles. The highest BCUT2D eigenvalue weighted by Gasteiger charge is 2.17. The Labute approximate surface area is 130 Å². The van der Waals surface area contributed by atoms with Crippen molar-refractivity contribution in [2.75, 3.05) is 5.32 Å². The summed E-state index contributed by atoms with van der Waals surface area (Å²) in [4.78, 5) is 22.9. The van der Waals surface area contributed by atoms with E-state index in [4.69, 9.17) is 28.3 Å². The molecular formula is C13H11Cl2N3O3. The number of nitrogens with one attached hydrogen (secondary N) is 1. The van der Waals surface area contributed by atoms with Gasteiger partial charge < -0.3 is 10.4 Å². The number of carbonyl (C=O) groups excluding carboxylic acids is 1. The van der Waals surface area contributed by atoms with Gasteiger partial charge in [-0.2, -0.15) is 5.10 Å². The van der Waals surface area contributed by atoms with E-state index in [9.17, 15) is 9.59 Å². The summed E-state index contributed by atoms with van der Waals surface area (Å²) in [5, 5.41) is 16.1. The Kier molecular flexibility index (Phi) is 4.50. The third-order valence-corrected chi connectivity index (χ3v) is 3.51. The Morgan fingerprint density at radius 2 is 2.00 bits per heavy atom. The summed E-state index contributed by atoms with van der Waals surface area (Å²) in [5.41, 5.74) is 0.574. The van der Waals surface area contributed by atoms with Gasteiger partial charge in [0, 0.05) is 11.9 Å². The summed E-state index contributed by atoms with van der Waals surface area (Å²) in [7, 11) is 0. The van der Waals surface area contributed by atoms with Crippen LogP contribution in [-0.4, -0.2) is 26.8 Å². The average molecular weight is 328 g/mol. The van der Waals surface area contributed by atoms with E-state index in [2.05, 4.69) is 10.4 Å². The van der Waals surface area contributed by atoms with Crippen molar-refractivity contribution in [3.05, 3.63) is 46.2 Å². The standard InChI is InChI=1S/C13H11Cl2N3O3/c1-7(13(20)21)18-5-4-11(17-18)12(19)16-8-2-3-9(14)10(15)6-8/h2-7H,1H3,(H,16,19)(H,20,21). The number of rotatable bonds is 4. The Hall–Kier alpha value is -2.05. The number of aliphatic carboxylic acids is 1. The molecule has 1 amide bonds. The van der Waals surface area contributed by atoms with Crippen LogP contribution in [0.15, 0.2) is 30.5 Å². The highest BCUT2D eigenvalue weighted by atomic mass is 35.5. The number of carboxylic acids is 1. The van der Waals surface area contributed by atoms with Crippen molar-refractivity contribution in [1.82, 2.24) is 9.78 Å². The fraction of sp³-hybridized carbons (Fsp3) is 0.154. The second-order valence-electron chi connectivity index (χ2n) is 4.28. The number of benzene rings is 1. The lowest BCUT2D eigenvalue weighted by atomic mass is 10.3. The van der Waals surface area contributed by atoms with Gasteiger partial charge in [-0.15, -0.1) is 0 Å². The number of aromatic nitrogens is 2. The van der Waals surface area contributed by atoms with Gasteiger partial charge in [-0.05, 0) is 31.2 Å². The number of nitrogens with zero attached hydrogens (tertiary/aromatic N) is 2. The third kappa shape index (κ3) is 3.53. The lowest BCUT2D eigenvalue weighted by molar-refractivity contribution is -0.140. The number of carboxylic acid groups (broad SMARTS) is 1. The average Bonchev–Trinajstić information content (AvgIpc) is 2.91. The van der Waals surface area contributed by atoms with Crippen LogP contribution in [0.2, 0.25) is 10.0 Å². The first kappa shape index (κ1) is 15.3. The lowest BCUT2D eigenvalue weighted by Gasteiger charge is -2.06. The molecule has 8 heteroatoms. The number of carbonyl (C=O) groups is 2. The molecule has 1 aromatic carbocycles. The molecule has 2 aromatic rings. The summed E-state index contributed by atoms with van der Waals surface area (Å²) < 4.78 is 1.20. The van der Waals surface area contributed by atoms with Crippen LogP contribution < -0.4 is 5.32 Å². The Balaban J connectivity index is 2.13. The lowest BCUT2D eigenvalue weighted by Crippen LogP contribution is -2.18. The van der Waals surface area contributed by atoms with Gasteiger partial charge in [0.15, 0.2) is 5.69 Å². The summed E-state index contributed by atoms with van der Waals surface area (Å²) in [6.45, 7) is 1.47. The normalized spacial score (nSPS) is 12.0. The van der Waals surface area contributed by atoms with Crippen LogP contribution in [-0.2, 0) is 4.79 Å². The first-order chi connectivity index (χ1) is 9.88. The molecule has 2 N–H and O–H groups in total. The molecule has 0 aliphatic heterocycles. The second-order valence-corrected chi connectivity index (χ2v) is 5.09. The minimum absolute atomic E-state index is 0.106. The zero-order valence-electron chi connectivity index (χ0n) is 10.9. The van der Waals surface area contributed by atoms with Crippen molar-refractivity contribution in [3.8, 4) is 0 Å². The molecule has 21 heavy (non-hydrogen) atoms. The molecule has 0 bridgehead atoms. The van der Waals surface area contributed by atoms with Gasteiger partial charge in [-0.1, -0.05) is 23.2 Å². The molecule has 6 nitrogen and oxygen atoms in total.